The molecule has 0 saturated heterocycles. The van der Waals surface area contributed by atoms with E-state index >= 15 is 0 Å². The van der Waals surface area contributed by atoms with Crippen LogP contribution in [0.25, 0.3) is 0 Å². The Morgan fingerprint density at radius 1 is 1.11 bits per heavy atom. The number of halogens is 1. The molecule has 2 nitrogen and oxygen atoms in total. The highest BCUT2D eigenvalue weighted by atomic mass is 19.1. The molecule has 2 aromatic rings. The number of aliphatic hydroxyl groups excluding tert-OH is 1. The van der Waals surface area contributed by atoms with Gasteiger partial charge in [0, 0.05) is 6.07 Å². The number of aliphatic hydroxyl groups is 1. The van der Waals surface area contributed by atoms with E-state index in [1.807, 2.05) is 24.3 Å². The number of hydrogen-bond acceptors (Lipinski definition) is 2. The molecule has 0 bridgehead atoms. The number of rotatable bonds is 2. The summed E-state index contributed by atoms with van der Waals surface area (Å²) in [7, 11) is 0. The SMILES string of the molecule is OC1c2ccccc2CCC1Oc1cccc(F)c1. The largest absolute Gasteiger partial charge is 0.487 e. The van der Waals surface area contributed by atoms with Crippen LogP contribution in [-0.4, -0.2) is 11.2 Å². The highest BCUT2D eigenvalue weighted by molar-refractivity contribution is 5.33. The van der Waals surface area contributed by atoms with Gasteiger partial charge >= 0.3 is 0 Å². The van der Waals surface area contributed by atoms with Crippen LogP contribution in [0.15, 0.2) is 48.5 Å². The predicted molar refractivity (Wildman–Crippen MR) is 70.5 cm³/mol. The van der Waals surface area contributed by atoms with Gasteiger partial charge in [0.2, 0.25) is 0 Å². The zero-order valence-corrected chi connectivity index (χ0v) is 10.4. The van der Waals surface area contributed by atoms with E-state index in [0.717, 1.165) is 24.0 Å². The molecule has 0 aliphatic heterocycles. The van der Waals surface area contributed by atoms with E-state index in [-0.39, 0.29) is 11.9 Å². The monoisotopic (exact) mass is 258 g/mol. The van der Waals surface area contributed by atoms with Gasteiger partial charge in [0.25, 0.3) is 0 Å². The van der Waals surface area contributed by atoms with Crippen LogP contribution in [-0.2, 0) is 6.42 Å². The summed E-state index contributed by atoms with van der Waals surface area (Å²) in [5.41, 5.74) is 2.07. The first-order valence-electron chi connectivity index (χ1n) is 6.42. The van der Waals surface area contributed by atoms with Crippen molar-refractivity contribution in [2.24, 2.45) is 0 Å². The summed E-state index contributed by atoms with van der Waals surface area (Å²) in [6.07, 6.45) is 0.618. The minimum Gasteiger partial charge on any atom is -0.487 e. The molecule has 0 heterocycles. The van der Waals surface area contributed by atoms with Gasteiger partial charge in [0.05, 0.1) is 0 Å². The third kappa shape index (κ3) is 2.47. The van der Waals surface area contributed by atoms with Gasteiger partial charge in [-0.15, -0.1) is 0 Å². The molecule has 2 aromatic carbocycles. The van der Waals surface area contributed by atoms with Gasteiger partial charge < -0.3 is 9.84 Å². The molecule has 0 spiro atoms. The summed E-state index contributed by atoms with van der Waals surface area (Å²) in [6, 6.07) is 13.8. The molecule has 2 atom stereocenters. The predicted octanol–water partition coefficient (Wildman–Crippen LogP) is 3.25. The van der Waals surface area contributed by atoms with Crippen molar-refractivity contribution in [2.45, 2.75) is 25.0 Å². The molecular formula is C16H15FO2. The molecule has 0 amide bonds. The van der Waals surface area contributed by atoms with Crippen LogP contribution in [0.1, 0.15) is 23.7 Å². The Labute approximate surface area is 111 Å². The molecule has 1 aliphatic rings. The Kier molecular flexibility index (Phi) is 3.22. The maximum Gasteiger partial charge on any atom is 0.129 e. The van der Waals surface area contributed by atoms with Crippen molar-refractivity contribution in [3.63, 3.8) is 0 Å². The van der Waals surface area contributed by atoms with Crippen molar-refractivity contribution in [1.29, 1.82) is 0 Å². The maximum absolute atomic E-state index is 13.1. The smallest absolute Gasteiger partial charge is 0.129 e. The average Bonchev–Trinajstić information content (AvgIpc) is 2.42. The lowest BCUT2D eigenvalue weighted by Gasteiger charge is -2.30. The van der Waals surface area contributed by atoms with E-state index in [2.05, 4.69) is 0 Å². The number of ether oxygens (including phenoxy) is 1. The third-order valence-corrected chi connectivity index (χ3v) is 3.51. The van der Waals surface area contributed by atoms with Crippen molar-refractivity contribution >= 4 is 0 Å². The second kappa shape index (κ2) is 5.02. The molecule has 1 N–H and O–H groups in total. The molecule has 0 saturated carbocycles. The first-order chi connectivity index (χ1) is 9.24. The normalized spacial score (nSPS) is 21.8. The van der Waals surface area contributed by atoms with E-state index in [4.69, 9.17) is 4.74 Å². The fourth-order valence-electron chi connectivity index (χ4n) is 2.54. The topological polar surface area (TPSA) is 29.5 Å². The fraction of sp³-hybridized carbons (Fsp3) is 0.250. The number of benzene rings is 2. The van der Waals surface area contributed by atoms with Crippen LogP contribution in [0, 0.1) is 5.82 Å². The Hall–Kier alpha value is -1.87. The van der Waals surface area contributed by atoms with Gasteiger partial charge in [-0.2, -0.15) is 0 Å². The van der Waals surface area contributed by atoms with E-state index in [9.17, 15) is 9.50 Å². The van der Waals surface area contributed by atoms with Crippen molar-refractivity contribution in [3.05, 3.63) is 65.5 Å². The summed E-state index contributed by atoms with van der Waals surface area (Å²) < 4.78 is 18.8. The van der Waals surface area contributed by atoms with E-state index in [1.165, 1.54) is 12.1 Å². The Bertz CT molecular complexity index is 582. The zero-order valence-electron chi connectivity index (χ0n) is 10.4. The summed E-state index contributed by atoms with van der Waals surface area (Å²) in [6.45, 7) is 0. The molecule has 2 unspecified atom stereocenters. The molecule has 98 valence electrons. The Morgan fingerprint density at radius 3 is 2.79 bits per heavy atom. The van der Waals surface area contributed by atoms with Crippen molar-refractivity contribution < 1.29 is 14.2 Å². The van der Waals surface area contributed by atoms with Gasteiger partial charge in [-0.05, 0) is 36.1 Å². The van der Waals surface area contributed by atoms with Gasteiger partial charge in [0.1, 0.15) is 23.8 Å². The van der Waals surface area contributed by atoms with Crippen LogP contribution < -0.4 is 4.74 Å². The second-order valence-electron chi connectivity index (χ2n) is 4.80. The lowest BCUT2D eigenvalue weighted by molar-refractivity contribution is 0.0229. The quantitative estimate of drug-likeness (QED) is 0.896. The van der Waals surface area contributed by atoms with E-state index < -0.39 is 6.10 Å². The molecular weight excluding hydrogens is 243 g/mol. The van der Waals surface area contributed by atoms with Crippen molar-refractivity contribution in [3.8, 4) is 5.75 Å². The van der Waals surface area contributed by atoms with Crippen LogP contribution in [0.3, 0.4) is 0 Å². The zero-order chi connectivity index (χ0) is 13.2. The third-order valence-electron chi connectivity index (χ3n) is 3.51. The lowest BCUT2D eigenvalue weighted by Crippen LogP contribution is -2.30. The summed E-state index contributed by atoms with van der Waals surface area (Å²) in [4.78, 5) is 0. The highest BCUT2D eigenvalue weighted by Crippen LogP contribution is 2.32. The molecule has 1 aliphatic carbocycles. The van der Waals surface area contributed by atoms with Gasteiger partial charge in [-0.1, -0.05) is 30.3 Å². The van der Waals surface area contributed by atoms with Crippen LogP contribution in [0.5, 0.6) is 5.75 Å². The molecule has 0 aromatic heterocycles. The molecule has 0 fully saturated rings. The summed E-state index contributed by atoms with van der Waals surface area (Å²) in [5, 5.41) is 10.3. The summed E-state index contributed by atoms with van der Waals surface area (Å²) in [5.74, 6) is 0.131. The van der Waals surface area contributed by atoms with Crippen LogP contribution in [0.4, 0.5) is 4.39 Å². The molecule has 0 radical (unpaired) electrons. The summed E-state index contributed by atoms with van der Waals surface area (Å²) >= 11 is 0. The standard InChI is InChI=1S/C16H15FO2/c17-12-5-3-6-13(10-12)19-15-9-8-11-4-1-2-7-14(11)16(15)18/h1-7,10,15-16,18H,8-9H2. The van der Waals surface area contributed by atoms with Crippen LogP contribution in [0.2, 0.25) is 0 Å². The number of aryl methyl sites for hydroxylation is 1. The number of hydrogen-bond donors (Lipinski definition) is 1. The molecule has 3 rings (SSSR count). The van der Waals surface area contributed by atoms with Gasteiger partial charge in [0.15, 0.2) is 0 Å². The van der Waals surface area contributed by atoms with Crippen molar-refractivity contribution in [1.82, 2.24) is 0 Å². The van der Waals surface area contributed by atoms with Crippen molar-refractivity contribution in [2.75, 3.05) is 0 Å². The first kappa shape index (κ1) is 12.2. The minimum atomic E-state index is -0.659. The Morgan fingerprint density at radius 2 is 1.95 bits per heavy atom. The lowest BCUT2D eigenvalue weighted by atomic mass is 9.87. The maximum atomic E-state index is 13.1. The minimum absolute atomic E-state index is 0.323. The fourth-order valence-corrected chi connectivity index (χ4v) is 2.54. The number of fused-ring (bicyclic) bond motifs is 1. The second-order valence-corrected chi connectivity index (χ2v) is 4.80. The first-order valence-corrected chi connectivity index (χ1v) is 6.42. The molecule has 19 heavy (non-hydrogen) atoms. The van der Waals surface area contributed by atoms with E-state index in [1.54, 1.807) is 12.1 Å². The van der Waals surface area contributed by atoms with Gasteiger partial charge in [-0.25, -0.2) is 4.39 Å². The highest BCUT2D eigenvalue weighted by Gasteiger charge is 2.29. The van der Waals surface area contributed by atoms with E-state index in [0.29, 0.717) is 5.75 Å². The molecule has 3 heteroatoms. The van der Waals surface area contributed by atoms with Crippen LogP contribution >= 0.6 is 0 Å². The van der Waals surface area contributed by atoms with Gasteiger partial charge in [-0.3, -0.25) is 0 Å². The Balaban J connectivity index is 1.81. The average molecular weight is 258 g/mol.